The van der Waals surface area contributed by atoms with Gasteiger partial charge in [-0.1, -0.05) is 12.1 Å². The lowest BCUT2D eigenvalue weighted by atomic mass is 9.94. The van der Waals surface area contributed by atoms with Crippen LogP contribution in [-0.4, -0.2) is 50.3 Å². The molecule has 2 aliphatic heterocycles. The van der Waals surface area contributed by atoms with Gasteiger partial charge in [0.15, 0.2) is 11.5 Å². The predicted molar refractivity (Wildman–Crippen MR) is 91.5 cm³/mol. The average molecular weight is 333 g/mol. The number of nitrogens with zero attached hydrogens (tertiary/aromatic N) is 1. The molecule has 24 heavy (non-hydrogen) atoms. The minimum Gasteiger partial charge on any atom is -0.490 e. The molecule has 0 spiro atoms. The van der Waals surface area contributed by atoms with Crippen LogP contribution in [0.25, 0.3) is 0 Å². The van der Waals surface area contributed by atoms with E-state index in [1.165, 1.54) is 0 Å². The van der Waals surface area contributed by atoms with Crippen LogP contribution in [0.15, 0.2) is 18.2 Å². The first kappa shape index (κ1) is 17.1. The molecule has 2 atom stereocenters. The minimum atomic E-state index is -0.114. The van der Waals surface area contributed by atoms with Crippen molar-refractivity contribution in [1.29, 1.82) is 0 Å². The second-order valence-electron chi connectivity index (χ2n) is 6.50. The number of hydrogen-bond acceptors (Lipinski definition) is 4. The zero-order valence-corrected chi connectivity index (χ0v) is 14.6. The zero-order valence-electron chi connectivity index (χ0n) is 14.6. The van der Waals surface area contributed by atoms with E-state index in [1.807, 2.05) is 36.9 Å². The maximum Gasteiger partial charge on any atom is 0.229 e. The van der Waals surface area contributed by atoms with Gasteiger partial charge < -0.3 is 19.1 Å². The molecule has 1 fully saturated rings. The lowest BCUT2D eigenvalue weighted by molar-refractivity contribution is -0.137. The summed E-state index contributed by atoms with van der Waals surface area (Å²) >= 11 is 0. The lowest BCUT2D eigenvalue weighted by Crippen LogP contribution is -2.43. The van der Waals surface area contributed by atoms with Gasteiger partial charge >= 0.3 is 0 Å². The molecule has 0 N–H and O–H groups in total. The number of fused-ring (bicyclic) bond motifs is 1. The molecule has 2 aliphatic rings. The van der Waals surface area contributed by atoms with Crippen LogP contribution in [0, 0.1) is 11.8 Å². The molecule has 0 unspecified atom stereocenters. The highest BCUT2D eigenvalue weighted by atomic mass is 16.5. The highest BCUT2D eigenvalue weighted by molar-refractivity contribution is 5.80. The highest BCUT2D eigenvalue weighted by Gasteiger charge is 2.31. The number of carbonyl (C=O) groups excluding carboxylic acids is 1. The molecule has 1 saturated heterocycles. The van der Waals surface area contributed by atoms with Crippen molar-refractivity contribution >= 4 is 5.91 Å². The van der Waals surface area contributed by atoms with Crippen molar-refractivity contribution in [1.82, 2.24) is 4.90 Å². The fraction of sp³-hybridized carbons (Fsp3) is 0.632. The first-order valence-corrected chi connectivity index (χ1v) is 8.96. The van der Waals surface area contributed by atoms with Gasteiger partial charge in [-0.05, 0) is 38.3 Å². The maximum absolute atomic E-state index is 12.9. The summed E-state index contributed by atoms with van der Waals surface area (Å²) in [5.74, 6) is 2.12. The summed E-state index contributed by atoms with van der Waals surface area (Å²) in [5, 5.41) is 0. The SMILES string of the molecule is CCOc1cccc2c1OC[C@@H](C(=O)N(CC)C[C@@H]1CCOC1)C2. The summed E-state index contributed by atoms with van der Waals surface area (Å²) in [5.41, 5.74) is 1.06. The van der Waals surface area contributed by atoms with E-state index in [-0.39, 0.29) is 11.8 Å². The third-order valence-corrected chi connectivity index (χ3v) is 4.80. The third-order valence-electron chi connectivity index (χ3n) is 4.80. The second-order valence-corrected chi connectivity index (χ2v) is 6.50. The molecule has 5 nitrogen and oxygen atoms in total. The molecular formula is C19H27NO4. The standard InChI is InChI=1S/C19H27NO4/c1-3-20(11-14-8-9-22-12-14)19(21)16-10-15-6-5-7-17(23-4-2)18(15)24-13-16/h5-7,14,16H,3-4,8-13H2,1-2H3/t14-,16-/m0/s1. The van der Waals surface area contributed by atoms with Crippen LogP contribution in [-0.2, 0) is 16.0 Å². The molecule has 0 aliphatic carbocycles. The minimum absolute atomic E-state index is 0.114. The monoisotopic (exact) mass is 333 g/mol. The molecule has 0 bridgehead atoms. The first-order chi connectivity index (χ1) is 11.7. The summed E-state index contributed by atoms with van der Waals surface area (Å²) in [6.07, 6.45) is 1.76. The first-order valence-electron chi connectivity index (χ1n) is 8.96. The van der Waals surface area contributed by atoms with Gasteiger partial charge in [0.05, 0.1) is 19.1 Å². The van der Waals surface area contributed by atoms with Gasteiger partial charge in [0.2, 0.25) is 5.91 Å². The van der Waals surface area contributed by atoms with Gasteiger partial charge in [0.25, 0.3) is 0 Å². The largest absolute Gasteiger partial charge is 0.490 e. The van der Waals surface area contributed by atoms with Crippen molar-refractivity contribution in [3.05, 3.63) is 23.8 Å². The Morgan fingerprint density at radius 3 is 2.92 bits per heavy atom. The molecule has 0 radical (unpaired) electrons. The van der Waals surface area contributed by atoms with Gasteiger partial charge in [0, 0.05) is 25.6 Å². The van der Waals surface area contributed by atoms with Crippen LogP contribution in [0.2, 0.25) is 0 Å². The number of benzene rings is 1. The smallest absolute Gasteiger partial charge is 0.229 e. The van der Waals surface area contributed by atoms with Gasteiger partial charge in [0.1, 0.15) is 6.61 Å². The Bertz CT molecular complexity index is 568. The quantitative estimate of drug-likeness (QED) is 0.803. The van der Waals surface area contributed by atoms with Crippen LogP contribution in [0.4, 0.5) is 0 Å². The molecule has 2 heterocycles. The fourth-order valence-corrected chi connectivity index (χ4v) is 3.49. The Kier molecular flexibility index (Phi) is 5.61. The van der Waals surface area contributed by atoms with Crippen LogP contribution >= 0.6 is 0 Å². The van der Waals surface area contributed by atoms with Crippen LogP contribution in [0.1, 0.15) is 25.8 Å². The fourth-order valence-electron chi connectivity index (χ4n) is 3.49. The van der Waals surface area contributed by atoms with E-state index >= 15 is 0 Å². The molecule has 1 amide bonds. The number of ether oxygens (including phenoxy) is 3. The summed E-state index contributed by atoms with van der Waals surface area (Å²) < 4.78 is 17.0. The predicted octanol–water partition coefficient (Wildman–Crippen LogP) is 2.52. The van der Waals surface area contributed by atoms with Gasteiger partial charge in [-0.15, -0.1) is 0 Å². The number of carbonyl (C=O) groups is 1. The van der Waals surface area contributed by atoms with Gasteiger partial charge in [-0.3, -0.25) is 4.79 Å². The van der Waals surface area contributed by atoms with E-state index in [0.29, 0.717) is 25.6 Å². The van der Waals surface area contributed by atoms with Crippen molar-refractivity contribution < 1.29 is 19.0 Å². The van der Waals surface area contributed by atoms with Crippen molar-refractivity contribution in [3.63, 3.8) is 0 Å². The molecule has 0 aromatic heterocycles. The number of amides is 1. The van der Waals surface area contributed by atoms with Crippen LogP contribution < -0.4 is 9.47 Å². The normalized spacial score (nSPS) is 22.6. The Labute approximate surface area is 143 Å². The van der Waals surface area contributed by atoms with E-state index in [2.05, 4.69) is 0 Å². The maximum atomic E-state index is 12.9. The summed E-state index contributed by atoms with van der Waals surface area (Å²) in [6.45, 7) is 8.14. The topological polar surface area (TPSA) is 48.0 Å². The molecule has 1 aromatic rings. The Balaban J connectivity index is 1.67. The molecule has 132 valence electrons. The molecule has 3 rings (SSSR count). The number of para-hydroxylation sites is 1. The zero-order chi connectivity index (χ0) is 16.9. The van der Waals surface area contributed by atoms with Crippen LogP contribution in [0.3, 0.4) is 0 Å². The van der Waals surface area contributed by atoms with E-state index in [9.17, 15) is 4.79 Å². The Hall–Kier alpha value is -1.75. The molecule has 1 aromatic carbocycles. The van der Waals surface area contributed by atoms with E-state index < -0.39 is 0 Å². The van der Waals surface area contributed by atoms with E-state index in [1.54, 1.807) is 0 Å². The lowest BCUT2D eigenvalue weighted by Gasteiger charge is -2.31. The number of hydrogen-bond donors (Lipinski definition) is 0. The Morgan fingerprint density at radius 2 is 2.21 bits per heavy atom. The number of rotatable bonds is 6. The molecule has 5 heteroatoms. The van der Waals surface area contributed by atoms with Crippen molar-refractivity contribution in [2.24, 2.45) is 11.8 Å². The van der Waals surface area contributed by atoms with Crippen molar-refractivity contribution in [3.8, 4) is 11.5 Å². The molecular weight excluding hydrogens is 306 g/mol. The molecule has 0 saturated carbocycles. The van der Waals surface area contributed by atoms with E-state index in [4.69, 9.17) is 14.2 Å². The van der Waals surface area contributed by atoms with E-state index in [0.717, 1.165) is 49.8 Å². The van der Waals surface area contributed by atoms with Crippen molar-refractivity contribution in [2.75, 3.05) is 39.5 Å². The highest BCUT2D eigenvalue weighted by Crippen LogP contribution is 2.36. The summed E-state index contributed by atoms with van der Waals surface area (Å²) in [6, 6.07) is 5.91. The van der Waals surface area contributed by atoms with Crippen LogP contribution in [0.5, 0.6) is 11.5 Å². The van der Waals surface area contributed by atoms with Gasteiger partial charge in [-0.25, -0.2) is 0 Å². The van der Waals surface area contributed by atoms with Crippen molar-refractivity contribution in [2.45, 2.75) is 26.7 Å². The average Bonchev–Trinajstić information content (AvgIpc) is 3.12. The van der Waals surface area contributed by atoms with Gasteiger partial charge in [-0.2, -0.15) is 0 Å². The Morgan fingerprint density at radius 1 is 1.33 bits per heavy atom. The second kappa shape index (κ2) is 7.88. The third kappa shape index (κ3) is 3.66. The summed E-state index contributed by atoms with van der Waals surface area (Å²) in [4.78, 5) is 14.9. The summed E-state index contributed by atoms with van der Waals surface area (Å²) in [7, 11) is 0.